The summed E-state index contributed by atoms with van der Waals surface area (Å²) >= 11 is 0. The van der Waals surface area contributed by atoms with Crippen molar-refractivity contribution < 1.29 is 9.90 Å². The third-order valence-corrected chi connectivity index (χ3v) is 3.85. The fourth-order valence-corrected chi connectivity index (χ4v) is 1.67. The van der Waals surface area contributed by atoms with Crippen molar-refractivity contribution >= 4 is 17.3 Å². The van der Waals surface area contributed by atoms with Crippen molar-refractivity contribution in [2.24, 2.45) is 5.41 Å². The van der Waals surface area contributed by atoms with Crippen LogP contribution in [0.15, 0.2) is 24.7 Å². The average molecular weight is 262 g/mol. The van der Waals surface area contributed by atoms with Crippen molar-refractivity contribution in [1.29, 1.82) is 0 Å². The molecule has 0 radical (unpaired) electrons. The quantitative estimate of drug-likeness (QED) is 0.881. The Balaban J connectivity index is 2.40. The number of fused-ring (bicyclic) bond motifs is 1. The predicted molar refractivity (Wildman–Crippen MR) is 72.1 cm³/mol. The van der Waals surface area contributed by atoms with Gasteiger partial charge in [0.15, 0.2) is 5.82 Å². The van der Waals surface area contributed by atoms with E-state index in [1.165, 1.54) is 0 Å². The summed E-state index contributed by atoms with van der Waals surface area (Å²) in [6.07, 6.45) is 5.06. The molecule has 0 saturated heterocycles. The molecule has 2 N–H and O–H groups in total. The van der Waals surface area contributed by atoms with E-state index in [4.69, 9.17) is 0 Å². The van der Waals surface area contributed by atoms with Crippen LogP contribution in [0.25, 0.3) is 5.52 Å². The van der Waals surface area contributed by atoms with Crippen molar-refractivity contribution in [2.75, 3.05) is 5.32 Å². The maximum absolute atomic E-state index is 11.4. The summed E-state index contributed by atoms with van der Waals surface area (Å²) in [5, 5.41) is 16.7. The van der Waals surface area contributed by atoms with Gasteiger partial charge >= 0.3 is 5.97 Å². The second kappa shape index (κ2) is 4.22. The van der Waals surface area contributed by atoms with E-state index >= 15 is 0 Å². The van der Waals surface area contributed by atoms with Crippen LogP contribution in [-0.2, 0) is 4.79 Å². The summed E-state index contributed by atoms with van der Waals surface area (Å²) < 4.78 is 1.69. The molecule has 0 aromatic carbocycles. The third kappa shape index (κ3) is 2.14. The first-order chi connectivity index (χ1) is 8.75. The zero-order valence-electron chi connectivity index (χ0n) is 11.5. The summed E-state index contributed by atoms with van der Waals surface area (Å²) in [4.78, 5) is 15.7. The number of carboxylic acid groups (broad SMARTS) is 1. The summed E-state index contributed by atoms with van der Waals surface area (Å²) in [6.45, 7) is 7.09. The summed E-state index contributed by atoms with van der Waals surface area (Å²) in [5.41, 5.74) is -0.795. The van der Waals surface area contributed by atoms with Crippen LogP contribution in [-0.4, -0.2) is 31.2 Å². The van der Waals surface area contributed by atoms with Crippen molar-refractivity contribution in [3.63, 3.8) is 0 Å². The number of anilines is 1. The van der Waals surface area contributed by atoms with Crippen LogP contribution in [0.5, 0.6) is 0 Å². The molecule has 6 nitrogen and oxygen atoms in total. The molecule has 0 atom stereocenters. The van der Waals surface area contributed by atoms with Crippen molar-refractivity contribution in [2.45, 2.75) is 33.2 Å². The molecular weight excluding hydrogens is 244 g/mol. The van der Waals surface area contributed by atoms with Gasteiger partial charge in [-0.3, -0.25) is 4.79 Å². The molecule has 2 rings (SSSR count). The van der Waals surface area contributed by atoms with E-state index in [-0.39, 0.29) is 0 Å². The molecule has 0 bridgehead atoms. The highest BCUT2D eigenvalue weighted by Crippen LogP contribution is 2.34. The molecule has 102 valence electrons. The van der Waals surface area contributed by atoms with Gasteiger partial charge in [-0.2, -0.15) is 5.10 Å². The molecule has 0 fully saturated rings. The van der Waals surface area contributed by atoms with Gasteiger partial charge in [0, 0.05) is 17.9 Å². The van der Waals surface area contributed by atoms with Crippen LogP contribution in [0.4, 0.5) is 5.82 Å². The summed E-state index contributed by atoms with van der Waals surface area (Å²) in [5.74, 6) is -0.232. The molecule has 2 aromatic rings. The number of hydrogen-bond acceptors (Lipinski definition) is 4. The highest BCUT2D eigenvalue weighted by molar-refractivity contribution is 5.77. The maximum Gasteiger partial charge on any atom is 0.311 e. The Morgan fingerprint density at radius 1 is 1.32 bits per heavy atom. The second-order valence-electron chi connectivity index (χ2n) is 5.62. The Kier molecular flexibility index (Phi) is 2.96. The standard InChI is InChI=1S/C13H18N4O2/c1-12(2,11(18)19)13(3,4)16-10-9-5-6-15-17(9)8-7-14-10/h5-8H,1-4H3,(H,14,16)(H,18,19). The van der Waals surface area contributed by atoms with Crippen molar-refractivity contribution in [3.05, 3.63) is 24.7 Å². The Morgan fingerprint density at radius 2 is 2.00 bits per heavy atom. The molecule has 0 amide bonds. The van der Waals surface area contributed by atoms with Crippen LogP contribution < -0.4 is 5.32 Å². The monoisotopic (exact) mass is 262 g/mol. The van der Waals surface area contributed by atoms with Gasteiger partial charge in [0.25, 0.3) is 0 Å². The first kappa shape index (κ1) is 13.3. The van der Waals surface area contributed by atoms with Gasteiger partial charge in [-0.25, -0.2) is 9.50 Å². The van der Waals surface area contributed by atoms with E-state index in [2.05, 4.69) is 15.4 Å². The fraction of sp³-hybridized carbons (Fsp3) is 0.462. The minimum absolute atomic E-state index is 0.624. The van der Waals surface area contributed by atoms with E-state index in [9.17, 15) is 9.90 Å². The maximum atomic E-state index is 11.4. The summed E-state index contributed by atoms with van der Waals surface area (Å²) in [7, 11) is 0. The van der Waals surface area contributed by atoms with Gasteiger partial charge < -0.3 is 10.4 Å². The van der Waals surface area contributed by atoms with E-state index in [0.717, 1.165) is 5.52 Å². The van der Waals surface area contributed by atoms with Gasteiger partial charge in [0.1, 0.15) is 5.52 Å². The topological polar surface area (TPSA) is 79.5 Å². The van der Waals surface area contributed by atoms with Crippen molar-refractivity contribution in [3.8, 4) is 0 Å². The Bertz CT molecular complexity index is 616. The normalized spacial score (nSPS) is 12.6. The predicted octanol–water partition coefficient (Wildman–Crippen LogP) is 2.03. The largest absolute Gasteiger partial charge is 0.481 e. The molecule has 2 heterocycles. The third-order valence-electron chi connectivity index (χ3n) is 3.85. The number of nitrogens with zero attached hydrogens (tertiary/aromatic N) is 3. The highest BCUT2D eigenvalue weighted by Gasteiger charge is 2.43. The molecule has 0 aliphatic heterocycles. The van der Waals surface area contributed by atoms with Gasteiger partial charge in [0.05, 0.1) is 11.6 Å². The lowest BCUT2D eigenvalue weighted by atomic mass is 9.74. The lowest BCUT2D eigenvalue weighted by molar-refractivity contribution is -0.149. The second-order valence-corrected chi connectivity index (χ2v) is 5.62. The minimum Gasteiger partial charge on any atom is -0.481 e. The molecule has 2 aromatic heterocycles. The van der Waals surface area contributed by atoms with Crippen LogP contribution in [0.2, 0.25) is 0 Å². The smallest absolute Gasteiger partial charge is 0.311 e. The number of aliphatic carboxylic acids is 1. The van der Waals surface area contributed by atoms with Gasteiger partial charge in [-0.15, -0.1) is 0 Å². The van der Waals surface area contributed by atoms with Crippen LogP contribution in [0.1, 0.15) is 27.7 Å². The number of aromatic nitrogens is 3. The molecule has 0 aliphatic rings. The van der Waals surface area contributed by atoms with Gasteiger partial charge in [-0.05, 0) is 33.8 Å². The molecule has 0 spiro atoms. The lowest BCUT2D eigenvalue weighted by Gasteiger charge is -2.39. The van der Waals surface area contributed by atoms with E-state index in [1.54, 1.807) is 37.0 Å². The lowest BCUT2D eigenvalue weighted by Crippen LogP contribution is -2.50. The summed E-state index contributed by atoms with van der Waals surface area (Å²) in [6, 6.07) is 1.83. The van der Waals surface area contributed by atoms with Crippen LogP contribution in [0, 0.1) is 5.41 Å². The number of carbonyl (C=O) groups is 1. The van der Waals surface area contributed by atoms with Gasteiger partial charge in [0.2, 0.25) is 0 Å². The van der Waals surface area contributed by atoms with E-state index in [0.29, 0.717) is 5.82 Å². The van der Waals surface area contributed by atoms with Crippen LogP contribution >= 0.6 is 0 Å². The number of hydrogen-bond donors (Lipinski definition) is 2. The van der Waals surface area contributed by atoms with Crippen molar-refractivity contribution in [1.82, 2.24) is 14.6 Å². The number of nitrogens with one attached hydrogen (secondary N) is 1. The number of rotatable bonds is 4. The highest BCUT2D eigenvalue weighted by atomic mass is 16.4. The first-order valence-corrected chi connectivity index (χ1v) is 6.05. The zero-order valence-corrected chi connectivity index (χ0v) is 11.5. The molecular formula is C13H18N4O2. The molecule has 0 unspecified atom stereocenters. The first-order valence-electron chi connectivity index (χ1n) is 6.05. The Labute approximate surface area is 111 Å². The minimum atomic E-state index is -0.943. The Hall–Kier alpha value is -2.11. The molecule has 0 saturated carbocycles. The molecule has 19 heavy (non-hydrogen) atoms. The SMILES string of the molecule is CC(C)(Nc1nccn2nccc12)C(C)(C)C(=O)O. The van der Waals surface area contributed by atoms with E-state index in [1.807, 2.05) is 19.9 Å². The number of carboxylic acids is 1. The molecule has 6 heteroatoms. The zero-order chi connectivity index (χ0) is 14.3. The fourth-order valence-electron chi connectivity index (χ4n) is 1.67. The average Bonchev–Trinajstić information content (AvgIpc) is 2.77. The Morgan fingerprint density at radius 3 is 2.63 bits per heavy atom. The van der Waals surface area contributed by atoms with E-state index < -0.39 is 16.9 Å². The van der Waals surface area contributed by atoms with Crippen LogP contribution in [0.3, 0.4) is 0 Å². The molecule has 0 aliphatic carbocycles. The van der Waals surface area contributed by atoms with Gasteiger partial charge in [-0.1, -0.05) is 0 Å².